The summed E-state index contributed by atoms with van der Waals surface area (Å²) >= 11 is 0. The van der Waals surface area contributed by atoms with Crippen molar-refractivity contribution in [2.75, 3.05) is 5.32 Å². The number of amides is 1. The van der Waals surface area contributed by atoms with Gasteiger partial charge in [-0.3, -0.25) is 9.59 Å². The lowest BCUT2D eigenvalue weighted by Gasteiger charge is -2.08. The summed E-state index contributed by atoms with van der Waals surface area (Å²) in [4.78, 5) is 36.7. The lowest BCUT2D eigenvalue weighted by Crippen LogP contribution is -2.30. The second-order valence-electron chi connectivity index (χ2n) is 6.80. The van der Waals surface area contributed by atoms with Crippen molar-refractivity contribution >= 4 is 22.6 Å². The van der Waals surface area contributed by atoms with Crippen LogP contribution in [0.25, 0.3) is 22.2 Å². The van der Waals surface area contributed by atoms with E-state index in [2.05, 4.69) is 17.3 Å². The molecule has 1 amide bonds. The van der Waals surface area contributed by atoms with E-state index in [9.17, 15) is 14.4 Å². The van der Waals surface area contributed by atoms with Crippen LogP contribution in [0.5, 0.6) is 0 Å². The Balaban J connectivity index is 1.56. The summed E-state index contributed by atoms with van der Waals surface area (Å²) in [6.45, 7) is 1.74. The summed E-state index contributed by atoms with van der Waals surface area (Å²) in [7, 11) is 0. The summed E-state index contributed by atoms with van der Waals surface area (Å²) < 4.78 is 6.28. The van der Waals surface area contributed by atoms with E-state index in [1.165, 1.54) is 11.6 Å². The molecule has 2 aromatic heterocycles. The molecule has 0 spiro atoms. The van der Waals surface area contributed by atoms with Crippen molar-refractivity contribution in [1.29, 1.82) is 0 Å². The molecule has 0 fully saturated rings. The molecular weight excluding hydrogens is 382 g/mol. The largest absolute Gasteiger partial charge is 0.421 e. The van der Waals surface area contributed by atoms with Crippen LogP contribution in [-0.4, -0.2) is 15.7 Å². The Kier molecular flexibility index (Phi) is 5.26. The first-order chi connectivity index (χ1) is 14.5. The maximum atomic E-state index is 12.5. The Morgan fingerprint density at radius 2 is 1.80 bits per heavy atom. The van der Waals surface area contributed by atoms with Crippen molar-refractivity contribution in [2.24, 2.45) is 0 Å². The maximum Gasteiger partial charge on any atom is 0.360 e. The van der Waals surface area contributed by atoms with Gasteiger partial charge >= 0.3 is 5.63 Å². The molecule has 0 atom stereocenters. The summed E-state index contributed by atoms with van der Waals surface area (Å²) in [5, 5.41) is 7.48. The minimum absolute atomic E-state index is 0.0121. The molecule has 150 valence electrons. The van der Waals surface area contributed by atoms with Gasteiger partial charge in [0.1, 0.15) is 17.8 Å². The molecule has 4 rings (SSSR count). The number of rotatable bonds is 5. The molecule has 0 aliphatic carbocycles. The molecule has 0 radical (unpaired) electrons. The number of aromatic nitrogens is 2. The van der Waals surface area contributed by atoms with Gasteiger partial charge in [0.2, 0.25) is 5.91 Å². The molecule has 7 heteroatoms. The smallest absolute Gasteiger partial charge is 0.360 e. The molecule has 0 aliphatic rings. The Labute approximate surface area is 171 Å². The predicted octanol–water partition coefficient (Wildman–Crippen LogP) is 3.22. The zero-order valence-electron chi connectivity index (χ0n) is 16.3. The number of hydrogen-bond acceptors (Lipinski definition) is 5. The highest BCUT2D eigenvalue weighted by atomic mass is 16.4. The Hall–Kier alpha value is -4.00. The Bertz CT molecular complexity index is 1340. The van der Waals surface area contributed by atoms with Crippen LogP contribution in [0.1, 0.15) is 12.5 Å². The van der Waals surface area contributed by atoms with Crippen molar-refractivity contribution in [3.8, 4) is 11.3 Å². The first-order valence-corrected chi connectivity index (χ1v) is 9.54. The van der Waals surface area contributed by atoms with Crippen molar-refractivity contribution in [3.63, 3.8) is 0 Å². The first-order valence-electron chi connectivity index (χ1n) is 9.54. The molecular formula is C23H19N3O4. The topological polar surface area (TPSA) is 94.2 Å². The van der Waals surface area contributed by atoms with Crippen LogP contribution in [-0.2, 0) is 17.8 Å². The summed E-state index contributed by atoms with van der Waals surface area (Å²) in [6, 6.07) is 19.4. The molecule has 2 heterocycles. The Morgan fingerprint density at radius 3 is 2.57 bits per heavy atom. The van der Waals surface area contributed by atoms with Crippen LogP contribution in [0.3, 0.4) is 0 Å². The minimum atomic E-state index is -0.660. The number of nitrogens with one attached hydrogen (secondary N) is 1. The summed E-state index contributed by atoms with van der Waals surface area (Å²) in [5.74, 6) is -0.550. The van der Waals surface area contributed by atoms with Crippen molar-refractivity contribution < 1.29 is 9.21 Å². The second-order valence-corrected chi connectivity index (χ2v) is 6.80. The molecule has 2 aromatic carbocycles. The molecule has 0 saturated carbocycles. The van der Waals surface area contributed by atoms with Gasteiger partial charge in [-0.2, -0.15) is 5.10 Å². The zero-order chi connectivity index (χ0) is 21.1. The second kappa shape index (κ2) is 8.16. The number of fused-ring (bicyclic) bond motifs is 1. The third-order valence-electron chi connectivity index (χ3n) is 4.73. The molecule has 1 N–H and O–H groups in total. The van der Waals surface area contributed by atoms with E-state index in [0.29, 0.717) is 16.7 Å². The summed E-state index contributed by atoms with van der Waals surface area (Å²) in [5.41, 5.74) is 1.99. The van der Waals surface area contributed by atoms with E-state index in [1.54, 1.807) is 36.4 Å². The highest BCUT2D eigenvalue weighted by molar-refractivity contribution is 5.92. The third-order valence-corrected chi connectivity index (χ3v) is 4.73. The number of carbonyl (C=O) groups is 1. The number of aryl methyl sites for hydroxylation is 1. The fourth-order valence-corrected chi connectivity index (χ4v) is 3.10. The van der Waals surface area contributed by atoms with E-state index in [4.69, 9.17) is 4.42 Å². The van der Waals surface area contributed by atoms with E-state index < -0.39 is 17.1 Å². The number of para-hydroxylation sites is 1. The van der Waals surface area contributed by atoms with Crippen LogP contribution in [0, 0.1) is 0 Å². The number of nitrogens with zero attached hydrogens (tertiary/aromatic N) is 2. The standard InChI is InChI=1S/C23H19N3O4/c1-2-15-7-9-16(10-8-15)18-11-12-22(28)26(25-18)14-21(27)24-19-13-17-5-3-4-6-20(17)30-23(19)29/h3-13H,2,14H2,1H3,(H,24,27). The molecule has 0 saturated heterocycles. The van der Waals surface area contributed by atoms with Gasteiger partial charge in [-0.05, 0) is 30.2 Å². The average Bonchev–Trinajstić information content (AvgIpc) is 2.76. The minimum Gasteiger partial charge on any atom is -0.421 e. The zero-order valence-corrected chi connectivity index (χ0v) is 16.3. The highest BCUT2D eigenvalue weighted by Crippen LogP contribution is 2.17. The SMILES string of the molecule is CCc1ccc(-c2ccc(=O)n(CC(=O)Nc3cc4ccccc4oc3=O)n2)cc1. The molecule has 0 bridgehead atoms. The van der Waals surface area contributed by atoms with Gasteiger partial charge < -0.3 is 9.73 Å². The normalized spacial score (nSPS) is 10.8. The van der Waals surface area contributed by atoms with E-state index in [1.807, 2.05) is 24.3 Å². The molecule has 0 unspecified atom stereocenters. The van der Waals surface area contributed by atoms with Gasteiger partial charge in [0.25, 0.3) is 5.56 Å². The van der Waals surface area contributed by atoms with E-state index in [-0.39, 0.29) is 12.2 Å². The van der Waals surface area contributed by atoms with Gasteiger partial charge in [-0.15, -0.1) is 0 Å². The molecule has 7 nitrogen and oxygen atoms in total. The van der Waals surface area contributed by atoms with Crippen LogP contribution in [0.4, 0.5) is 5.69 Å². The van der Waals surface area contributed by atoms with Crippen molar-refractivity contribution in [1.82, 2.24) is 9.78 Å². The van der Waals surface area contributed by atoms with Crippen LogP contribution in [0.15, 0.2) is 80.7 Å². The molecule has 4 aromatic rings. The van der Waals surface area contributed by atoms with Gasteiger partial charge in [-0.25, -0.2) is 9.48 Å². The fourth-order valence-electron chi connectivity index (χ4n) is 3.10. The monoisotopic (exact) mass is 401 g/mol. The van der Waals surface area contributed by atoms with Crippen molar-refractivity contribution in [2.45, 2.75) is 19.9 Å². The predicted molar refractivity (Wildman–Crippen MR) is 114 cm³/mol. The number of anilines is 1. The average molecular weight is 401 g/mol. The number of carbonyl (C=O) groups excluding carboxylic acids is 1. The van der Waals surface area contributed by atoms with Crippen molar-refractivity contribution in [3.05, 3.63) is 93.1 Å². The van der Waals surface area contributed by atoms with Crippen LogP contribution in [0.2, 0.25) is 0 Å². The van der Waals surface area contributed by atoms with Crippen LogP contribution < -0.4 is 16.5 Å². The van der Waals surface area contributed by atoms with Gasteiger partial charge in [0.05, 0.1) is 5.69 Å². The maximum absolute atomic E-state index is 12.5. The fraction of sp³-hybridized carbons (Fsp3) is 0.130. The summed E-state index contributed by atoms with van der Waals surface area (Å²) in [6.07, 6.45) is 0.927. The van der Waals surface area contributed by atoms with Crippen LogP contribution >= 0.6 is 0 Å². The quantitative estimate of drug-likeness (QED) is 0.518. The highest BCUT2D eigenvalue weighted by Gasteiger charge is 2.12. The first kappa shape index (κ1) is 19.3. The molecule has 30 heavy (non-hydrogen) atoms. The number of hydrogen-bond donors (Lipinski definition) is 1. The Morgan fingerprint density at radius 1 is 1.03 bits per heavy atom. The molecule has 0 aliphatic heterocycles. The lowest BCUT2D eigenvalue weighted by molar-refractivity contribution is -0.117. The third kappa shape index (κ3) is 4.05. The van der Waals surface area contributed by atoms with E-state index in [0.717, 1.165) is 16.7 Å². The van der Waals surface area contributed by atoms with Gasteiger partial charge in [-0.1, -0.05) is 49.4 Å². The van der Waals surface area contributed by atoms with E-state index >= 15 is 0 Å². The van der Waals surface area contributed by atoms with Gasteiger partial charge in [0, 0.05) is 17.0 Å². The lowest BCUT2D eigenvalue weighted by atomic mass is 10.1. The number of benzene rings is 2. The van der Waals surface area contributed by atoms with Gasteiger partial charge in [0.15, 0.2) is 0 Å².